The van der Waals surface area contributed by atoms with Crippen molar-refractivity contribution in [2.75, 3.05) is 26.4 Å². The zero-order valence-corrected chi connectivity index (χ0v) is 10.2. The first-order chi connectivity index (χ1) is 7.47. The number of nitrogens with zero attached hydrogens (tertiary/aromatic N) is 1. The van der Waals surface area contributed by atoms with Crippen LogP contribution in [0.4, 0.5) is 0 Å². The molecule has 1 saturated heterocycles. The van der Waals surface area contributed by atoms with E-state index in [4.69, 9.17) is 15.2 Å². The van der Waals surface area contributed by atoms with Gasteiger partial charge in [0.25, 0.3) is 0 Å². The third-order valence-electron chi connectivity index (χ3n) is 3.09. The summed E-state index contributed by atoms with van der Waals surface area (Å²) in [5, 5.41) is 0. The molecule has 90 valence electrons. The Morgan fingerprint density at radius 2 is 2.06 bits per heavy atom. The van der Waals surface area contributed by atoms with E-state index in [0.717, 1.165) is 25.3 Å². The van der Waals surface area contributed by atoms with Crippen molar-refractivity contribution in [2.24, 2.45) is 21.6 Å². The van der Waals surface area contributed by atoms with Gasteiger partial charge in [0.05, 0.1) is 25.2 Å². The average Bonchev–Trinajstić information content (AvgIpc) is 2.15. The maximum absolute atomic E-state index is 5.74. The summed E-state index contributed by atoms with van der Waals surface area (Å²) in [6, 6.07) is 0. The zero-order valence-electron chi connectivity index (χ0n) is 10.2. The van der Waals surface area contributed by atoms with E-state index in [0.29, 0.717) is 12.5 Å². The molecule has 16 heavy (non-hydrogen) atoms. The van der Waals surface area contributed by atoms with Crippen molar-refractivity contribution >= 4 is 5.90 Å². The van der Waals surface area contributed by atoms with Crippen LogP contribution < -0.4 is 5.73 Å². The molecule has 0 aromatic rings. The molecule has 0 aliphatic carbocycles. The van der Waals surface area contributed by atoms with Crippen LogP contribution in [0, 0.1) is 10.8 Å². The second kappa shape index (κ2) is 3.77. The SMILES string of the molecule is CC(C)(C)/C(=C/N)C1=NCC2(COC2)CO1. The van der Waals surface area contributed by atoms with E-state index in [-0.39, 0.29) is 10.8 Å². The average molecular weight is 224 g/mol. The number of nitrogens with two attached hydrogens (primary N) is 1. The van der Waals surface area contributed by atoms with Crippen LogP contribution in [0.1, 0.15) is 20.8 Å². The highest BCUT2D eigenvalue weighted by molar-refractivity contribution is 5.95. The van der Waals surface area contributed by atoms with E-state index in [1.807, 2.05) is 0 Å². The third-order valence-corrected chi connectivity index (χ3v) is 3.09. The van der Waals surface area contributed by atoms with Crippen molar-refractivity contribution < 1.29 is 9.47 Å². The summed E-state index contributed by atoms with van der Waals surface area (Å²) in [6.45, 7) is 9.33. The molecule has 0 aromatic carbocycles. The smallest absolute Gasteiger partial charge is 0.213 e. The normalized spacial score (nSPS) is 24.7. The lowest BCUT2D eigenvalue weighted by atomic mass is 9.84. The fourth-order valence-electron chi connectivity index (χ4n) is 1.92. The number of rotatable bonds is 1. The Morgan fingerprint density at radius 1 is 1.38 bits per heavy atom. The molecule has 1 spiro atoms. The van der Waals surface area contributed by atoms with Gasteiger partial charge >= 0.3 is 0 Å². The van der Waals surface area contributed by atoms with Crippen LogP contribution in [-0.4, -0.2) is 32.3 Å². The summed E-state index contributed by atoms with van der Waals surface area (Å²) in [7, 11) is 0. The van der Waals surface area contributed by atoms with Crippen molar-refractivity contribution in [3.63, 3.8) is 0 Å². The first-order valence-corrected chi connectivity index (χ1v) is 5.65. The van der Waals surface area contributed by atoms with E-state index in [2.05, 4.69) is 25.8 Å². The Balaban J connectivity index is 2.12. The monoisotopic (exact) mass is 224 g/mol. The largest absolute Gasteiger partial charge is 0.477 e. The standard InChI is InChI=1S/C12H20N2O2/c1-11(2,3)9(4-13)10-14-5-12(8-16-10)6-15-7-12/h4H,5-8,13H2,1-3H3/b9-4+. The highest BCUT2D eigenvalue weighted by Gasteiger charge is 2.42. The molecular weight excluding hydrogens is 204 g/mol. The predicted molar refractivity (Wildman–Crippen MR) is 63.2 cm³/mol. The van der Waals surface area contributed by atoms with Gasteiger partial charge < -0.3 is 15.2 Å². The fourth-order valence-corrected chi connectivity index (χ4v) is 1.92. The molecule has 2 N–H and O–H groups in total. The molecule has 2 aliphatic heterocycles. The Morgan fingerprint density at radius 3 is 2.38 bits per heavy atom. The summed E-state index contributed by atoms with van der Waals surface area (Å²) >= 11 is 0. The summed E-state index contributed by atoms with van der Waals surface area (Å²) < 4.78 is 11.0. The molecule has 0 bridgehead atoms. The molecule has 2 aliphatic rings. The Labute approximate surface area is 96.5 Å². The lowest BCUT2D eigenvalue weighted by Gasteiger charge is -2.42. The maximum Gasteiger partial charge on any atom is 0.213 e. The van der Waals surface area contributed by atoms with Crippen LogP contribution >= 0.6 is 0 Å². The van der Waals surface area contributed by atoms with Crippen molar-refractivity contribution in [3.8, 4) is 0 Å². The molecule has 2 rings (SSSR count). The fraction of sp³-hybridized carbons (Fsp3) is 0.750. The second-order valence-electron chi connectivity index (χ2n) is 5.73. The van der Waals surface area contributed by atoms with E-state index in [1.165, 1.54) is 0 Å². The minimum absolute atomic E-state index is 0.0335. The molecule has 1 fully saturated rings. The van der Waals surface area contributed by atoms with Crippen molar-refractivity contribution in [1.29, 1.82) is 0 Å². The van der Waals surface area contributed by atoms with Gasteiger partial charge in [0, 0.05) is 11.8 Å². The lowest BCUT2D eigenvalue weighted by molar-refractivity contribution is -0.132. The Kier molecular flexibility index (Phi) is 2.70. The van der Waals surface area contributed by atoms with E-state index in [1.54, 1.807) is 6.20 Å². The summed E-state index contributed by atoms with van der Waals surface area (Å²) in [6.07, 6.45) is 1.61. The number of hydrogen-bond acceptors (Lipinski definition) is 4. The van der Waals surface area contributed by atoms with E-state index in [9.17, 15) is 0 Å². The van der Waals surface area contributed by atoms with Gasteiger partial charge in [-0.1, -0.05) is 20.8 Å². The lowest BCUT2D eigenvalue weighted by Crippen LogP contribution is -2.51. The van der Waals surface area contributed by atoms with Crippen LogP contribution in [-0.2, 0) is 9.47 Å². The molecule has 4 nitrogen and oxygen atoms in total. The van der Waals surface area contributed by atoms with Gasteiger partial charge in [-0.25, -0.2) is 0 Å². The summed E-state index contributed by atoms with van der Waals surface area (Å²) in [5.74, 6) is 0.701. The molecular formula is C12H20N2O2. The van der Waals surface area contributed by atoms with Gasteiger partial charge in [-0.15, -0.1) is 0 Å². The zero-order chi connectivity index (χ0) is 11.8. The molecule has 0 unspecified atom stereocenters. The highest BCUT2D eigenvalue weighted by Crippen LogP contribution is 2.34. The quantitative estimate of drug-likeness (QED) is 0.731. The highest BCUT2D eigenvalue weighted by atomic mass is 16.5. The number of hydrogen-bond donors (Lipinski definition) is 1. The molecule has 4 heteroatoms. The maximum atomic E-state index is 5.74. The minimum atomic E-state index is -0.0335. The molecule has 0 radical (unpaired) electrons. The van der Waals surface area contributed by atoms with Crippen LogP contribution in [0.3, 0.4) is 0 Å². The molecule has 0 atom stereocenters. The number of aliphatic imine (C=N–C) groups is 1. The van der Waals surface area contributed by atoms with Crippen molar-refractivity contribution in [3.05, 3.63) is 11.8 Å². The molecule has 0 saturated carbocycles. The van der Waals surface area contributed by atoms with Crippen LogP contribution in [0.15, 0.2) is 16.8 Å². The van der Waals surface area contributed by atoms with Crippen LogP contribution in [0.5, 0.6) is 0 Å². The minimum Gasteiger partial charge on any atom is -0.477 e. The first-order valence-electron chi connectivity index (χ1n) is 5.65. The van der Waals surface area contributed by atoms with Crippen LogP contribution in [0.2, 0.25) is 0 Å². The Bertz CT molecular complexity index is 335. The first kappa shape index (κ1) is 11.5. The van der Waals surface area contributed by atoms with Crippen molar-refractivity contribution in [2.45, 2.75) is 20.8 Å². The second-order valence-corrected chi connectivity index (χ2v) is 5.73. The topological polar surface area (TPSA) is 56.8 Å². The molecule has 0 aromatic heterocycles. The third kappa shape index (κ3) is 1.94. The Hall–Kier alpha value is -1.03. The predicted octanol–water partition coefficient (Wildman–Crippen LogP) is 1.32. The van der Waals surface area contributed by atoms with Gasteiger partial charge in [-0.05, 0) is 5.41 Å². The van der Waals surface area contributed by atoms with E-state index >= 15 is 0 Å². The molecule has 2 heterocycles. The van der Waals surface area contributed by atoms with Crippen LogP contribution in [0.25, 0.3) is 0 Å². The van der Waals surface area contributed by atoms with Gasteiger partial charge in [0.1, 0.15) is 6.61 Å². The number of ether oxygens (including phenoxy) is 2. The summed E-state index contributed by atoms with van der Waals surface area (Å²) in [4.78, 5) is 4.51. The van der Waals surface area contributed by atoms with Gasteiger partial charge in [0.2, 0.25) is 5.90 Å². The molecule has 0 amide bonds. The van der Waals surface area contributed by atoms with E-state index < -0.39 is 0 Å². The van der Waals surface area contributed by atoms with Gasteiger partial charge in [-0.3, -0.25) is 4.99 Å². The summed E-state index contributed by atoms with van der Waals surface area (Å²) in [5.41, 5.74) is 6.74. The van der Waals surface area contributed by atoms with Gasteiger partial charge in [0.15, 0.2) is 0 Å². The van der Waals surface area contributed by atoms with Gasteiger partial charge in [-0.2, -0.15) is 0 Å². The van der Waals surface area contributed by atoms with Crippen molar-refractivity contribution in [1.82, 2.24) is 0 Å².